The molecule has 0 amide bonds. The summed E-state index contributed by atoms with van der Waals surface area (Å²) < 4.78 is 7.11. The minimum absolute atomic E-state index is 0.0184. The summed E-state index contributed by atoms with van der Waals surface area (Å²) in [6, 6.07) is 7.86. The standard InChI is InChI=1S/C14H18N2O2/c1-3-6-12(16-10-9-15-14(16)17)11-7-4-5-8-13(11)18-2/h4-5,7-10,12H,3,6H2,1-2H3,(H,15,17). The molecule has 0 aliphatic carbocycles. The molecular formula is C14H18N2O2. The molecule has 1 aromatic heterocycles. The predicted molar refractivity (Wildman–Crippen MR) is 71.1 cm³/mol. The number of benzene rings is 1. The Hall–Kier alpha value is -1.97. The molecule has 0 radical (unpaired) electrons. The van der Waals surface area contributed by atoms with Gasteiger partial charge in [-0.1, -0.05) is 31.5 Å². The first-order valence-corrected chi connectivity index (χ1v) is 6.16. The van der Waals surface area contributed by atoms with E-state index in [0.717, 1.165) is 24.2 Å². The van der Waals surface area contributed by atoms with Crippen molar-refractivity contribution in [3.63, 3.8) is 0 Å². The number of aromatic amines is 1. The summed E-state index contributed by atoms with van der Waals surface area (Å²) in [7, 11) is 1.65. The summed E-state index contributed by atoms with van der Waals surface area (Å²) in [5.74, 6) is 0.823. The van der Waals surface area contributed by atoms with Crippen LogP contribution in [0.15, 0.2) is 41.5 Å². The van der Waals surface area contributed by atoms with E-state index >= 15 is 0 Å². The third-order valence-electron chi connectivity index (χ3n) is 3.07. The molecule has 0 fully saturated rings. The number of nitrogens with one attached hydrogen (secondary N) is 1. The largest absolute Gasteiger partial charge is 0.496 e. The van der Waals surface area contributed by atoms with Gasteiger partial charge in [0.15, 0.2) is 0 Å². The lowest BCUT2D eigenvalue weighted by Crippen LogP contribution is -2.23. The summed E-state index contributed by atoms with van der Waals surface area (Å²) in [5, 5.41) is 0. The average Bonchev–Trinajstić information content (AvgIpc) is 2.82. The molecule has 2 aromatic rings. The number of methoxy groups -OCH3 is 1. The summed E-state index contributed by atoms with van der Waals surface area (Å²) in [6.45, 7) is 2.11. The van der Waals surface area contributed by atoms with E-state index in [2.05, 4.69) is 11.9 Å². The second kappa shape index (κ2) is 5.58. The molecule has 0 saturated heterocycles. The molecule has 4 heteroatoms. The van der Waals surface area contributed by atoms with Gasteiger partial charge >= 0.3 is 5.69 Å². The summed E-state index contributed by atoms with van der Waals surface area (Å²) in [4.78, 5) is 14.5. The van der Waals surface area contributed by atoms with E-state index < -0.39 is 0 Å². The zero-order valence-corrected chi connectivity index (χ0v) is 10.7. The Labute approximate surface area is 106 Å². The van der Waals surface area contributed by atoms with Gasteiger partial charge in [-0.2, -0.15) is 0 Å². The van der Waals surface area contributed by atoms with Gasteiger partial charge in [-0.05, 0) is 12.5 Å². The molecule has 4 nitrogen and oxygen atoms in total. The van der Waals surface area contributed by atoms with Gasteiger partial charge in [0.05, 0.1) is 13.2 Å². The fourth-order valence-corrected chi connectivity index (χ4v) is 2.24. The van der Waals surface area contributed by atoms with E-state index in [4.69, 9.17) is 4.74 Å². The van der Waals surface area contributed by atoms with Crippen molar-refractivity contribution < 1.29 is 4.74 Å². The van der Waals surface area contributed by atoms with E-state index in [0.29, 0.717) is 0 Å². The van der Waals surface area contributed by atoms with Gasteiger partial charge in [-0.3, -0.25) is 4.57 Å². The average molecular weight is 246 g/mol. The number of imidazole rings is 1. The monoisotopic (exact) mass is 246 g/mol. The Kier molecular flexibility index (Phi) is 3.87. The number of para-hydroxylation sites is 1. The van der Waals surface area contributed by atoms with Crippen LogP contribution in [-0.2, 0) is 0 Å². The quantitative estimate of drug-likeness (QED) is 0.881. The van der Waals surface area contributed by atoms with Gasteiger partial charge < -0.3 is 9.72 Å². The predicted octanol–water partition coefficient (Wildman–Crippen LogP) is 2.57. The lowest BCUT2D eigenvalue weighted by Gasteiger charge is -2.20. The Morgan fingerprint density at radius 1 is 1.39 bits per heavy atom. The maximum atomic E-state index is 11.8. The van der Waals surface area contributed by atoms with E-state index in [9.17, 15) is 4.79 Å². The van der Waals surface area contributed by atoms with Crippen molar-refractivity contribution in [2.45, 2.75) is 25.8 Å². The molecule has 1 atom stereocenters. The fraction of sp³-hybridized carbons (Fsp3) is 0.357. The number of ether oxygens (including phenoxy) is 1. The van der Waals surface area contributed by atoms with Crippen LogP contribution in [0.5, 0.6) is 5.75 Å². The zero-order valence-electron chi connectivity index (χ0n) is 10.7. The van der Waals surface area contributed by atoms with Gasteiger partial charge in [0, 0.05) is 18.0 Å². The van der Waals surface area contributed by atoms with Crippen LogP contribution >= 0.6 is 0 Å². The van der Waals surface area contributed by atoms with Gasteiger partial charge in [0.1, 0.15) is 5.75 Å². The second-order valence-electron chi connectivity index (χ2n) is 4.22. The summed E-state index contributed by atoms with van der Waals surface area (Å²) in [5.41, 5.74) is 0.961. The minimum atomic E-state index is -0.0839. The first-order chi connectivity index (χ1) is 8.77. The van der Waals surface area contributed by atoms with Crippen LogP contribution in [0.4, 0.5) is 0 Å². The van der Waals surface area contributed by atoms with E-state index in [-0.39, 0.29) is 11.7 Å². The molecule has 1 N–H and O–H groups in total. The molecular weight excluding hydrogens is 228 g/mol. The van der Waals surface area contributed by atoms with Crippen molar-refractivity contribution in [3.8, 4) is 5.75 Å². The molecule has 1 unspecified atom stereocenters. The van der Waals surface area contributed by atoms with Crippen LogP contribution in [0.1, 0.15) is 31.4 Å². The van der Waals surface area contributed by atoms with Gasteiger partial charge in [0.2, 0.25) is 0 Å². The van der Waals surface area contributed by atoms with Gasteiger partial charge in [-0.15, -0.1) is 0 Å². The SMILES string of the molecule is CCCC(c1ccccc1OC)n1cc[nH]c1=O. The van der Waals surface area contributed by atoms with Crippen molar-refractivity contribution in [1.29, 1.82) is 0 Å². The second-order valence-corrected chi connectivity index (χ2v) is 4.22. The van der Waals surface area contributed by atoms with Crippen LogP contribution in [0.3, 0.4) is 0 Å². The topological polar surface area (TPSA) is 47.0 Å². The van der Waals surface area contributed by atoms with Crippen molar-refractivity contribution in [3.05, 3.63) is 52.7 Å². The Morgan fingerprint density at radius 3 is 2.78 bits per heavy atom. The number of hydrogen-bond acceptors (Lipinski definition) is 2. The van der Waals surface area contributed by atoms with Gasteiger partial charge in [0.25, 0.3) is 0 Å². The molecule has 2 rings (SSSR count). The van der Waals surface area contributed by atoms with Crippen molar-refractivity contribution in [2.24, 2.45) is 0 Å². The lowest BCUT2D eigenvalue weighted by atomic mass is 10.0. The van der Waals surface area contributed by atoms with Crippen LogP contribution in [0.2, 0.25) is 0 Å². The van der Waals surface area contributed by atoms with Crippen molar-refractivity contribution >= 4 is 0 Å². The fourth-order valence-electron chi connectivity index (χ4n) is 2.24. The number of aromatic nitrogens is 2. The van der Waals surface area contributed by atoms with E-state index in [1.807, 2.05) is 24.3 Å². The minimum Gasteiger partial charge on any atom is -0.496 e. The summed E-state index contributed by atoms with van der Waals surface area (Å²) >= 11 is 0. The highest BCUT2D eigenvalue weighted by Crippen LogP contribution is 2.29. The molecule has 0 aliphatic heterocycles. The van der Waals surface area contributed by atoms with Crippen LogP contribution in [-0.4, -0.2) is 16.7 Å². The third-order valence-corrected chi connectivity index (χ3v) is 3.07. The molecule has 0 bridgehead atoms. The smallest absolute Gasteiger partial charge is 0.326 e. The number of hydrogen-bond donors (Lipinski definition) is 1. The van der Waals surface area contributed by atoms with Crippen LogP contribution in [0, 0.1) is 0 Å². The van der Waals surface area contributed by atoms with E-state index in [1.54, 1.807) is 24.1 Å². The molecule has 1 heterocycles. The molecule has 1 aromatic carbocycles. The van der Waals surface area contributed by atoms with Crippen LogP contribution in [0.25, 0.3) is 0 Å². The molecule has 18 heavy (non-hydrogen) atoms. The summed E-state index contributed by atoms with van der Waals surface area (Å²) in [6.07, 6.45) is 5.36. The number of H-pyrrole nitrogens is 1. The van der Waals surface area contributed by atoms with Gasteiger partial charge in [-0.25, -0.2) is 4.79 Å². The highest BCUT2D eigenvalue weighted by atomic mass is 16.5. The first kappa shape index (κ1) is 12.5. The highest BCUT2D eigenvalue weighted by molar-refractivity contribution is 5.36. The van der Waals surface area contributed by atoms with Crippen molar-refractivity contribution in [1.82, 2.24) is 9.55 Å². The molecule has 0 spiro atoms. The maximum Gasteiger partial charge on any atom is 0.326 e. The lowest BCUT2D eigenvalue weighted by molar-refractivity contribution is 0.396. The number of rotatable bonds is 5. The number of nitrogens with zero attached hydrogens (tertiary/aromatic N) is 1. The van der Waals surface area contributed by atoms with E-state index in [1.165, 1.54) is 0 Å². The highest BCUT2D eigenvalue weighted by Gasteiger charge is 2.18. The third kappa shape index (κ3) is 2.32. The molecule has 0 saturated carbocycles. The Balaban J connectivity index is 2.48. The first-order valence-electron chi connectivity index (χ1n) is 6.16. The molecule has 0 aliphatic rings. The normalized spacial score (nSPS) is 12.3. The zero-order chi connectivity index (χ0) is 13.0. The Bertz CT molecular complexity index is 557. The molecule has 96 valence electrons. The van der Waals surface area contributed by atoms with Crippen LogP contribution < -0.4 is 10.4 Å². The maximum absolute atomic E-state index is 11.8. The van der Waals surface area contributed by atoms with Crippen molar-refractivity contribution in [2.75, 3.05) is 7.11 Å². The Morgan fingerprint density at radius 2 is 2.17 bits per heavy atom.